The number of aliphatic imine (C=N–C) groups is 1. The van der Waals surface area contributed by atoms with Gasteiger partial charge in [-0.2, -0.15) is 0 Å². The van der Waals surface area contributed by atoms with E-state index in [1.165, 1.54) is 6.92 Å². The van der Waals surface area contributed by atoms with Crippen molar-refractivity contribution in [3.8, 4) is 11.5 Å². The highest BCUT2D eigenvalue weighted by molar-refractivity contribution is 6.11. The largest absolute Gasteiger partial charge is 0.493 e. The minimum atomic E-state index is -0.228. The second-order valence-corrected chi connectivity index (χ2v) is 7.37. The maximum absolute atomic E-state index is 12.9. The number of nitrogens with zero attached hydrogens (tertiary/aromatic N) is 2. The first-order chi connectivity index (χ1) is 14.9. The fourth-order valence-corrected chi connectivity index (χ4v) is 3.61. The van der Waals surface area contributed by atoms with E-state index >= 15 is 0 Å². The fourth-order valence-electron chi connectivity index (χ4n) is 3.61. The summed E-state index contributed by atoms with van der Waals surface area (Å²) < 4.78 is 10.7. The zero-order valence-electron chi connectivity index (χ0n) is 18.3. The van der Waals surface area contributed by atoms with E-state index in [9.17, 15) is 9.59 Å². The van der Waals surface area contributed by atoms with Crippen LogP contribution in [0.4, 0.5) is 5.69 Å². The third kappa shape index (κ3) is 4.79. The maximum atomic E-state index is 12.9. The monoisotopic (exact) mass is 424 g/mol. The van der Waals surface area contributed by atoms with Crippen molar-refractivity contribution in [3.05, 3.63) is 53.9 Å². The van der Waals surface area contributed by atoms with E-state index in [0.29, 0.717) is 41.6 Å². The van der Waals surface area contributed by atoms with Crippen LogP contribution in [0.2, 0.25) is 0 Å². The number of aromatic nitrogens is 1. The van der Waals surface area contributed by atoms with Crippen LogP contribution in [0.15, 0.2) is 42.0 Å². The molecule has 1 fully saturated rings. The fraction of sp³-hybridized carbons (Fsp3) is 0.348. The van der Waals surface area contributed by atoms with Crippen molar-refractivity contribution in [3.63, 3.8) is 0 Å². The highest BCUT2D eigenvalue weighted by Crippen LogP contribution is 2.30. The van der Waals surface area contributed by atoms with Crippen LogP contribution in [-0.2, 0) is 4.79 Å². The molecular formula is C23H28N4O4. The smallest absolute Gasteiger partial charge is 0.255 e. The molecule has 164 valence electrons. The molecule has 0 spiro atoms. The summed E-state index contributed by atoms with van der Waals surface area (Å²) in [7, 11) is 3.15. The molecule has 2 heterocycles. The quantitative estimate of drug-likeness (QED) is 0.668. The molecule has 2 N–H and O–H groups in total. The minimum Gasteiger partial charge on any atom is -0.493 e. The second kappa shape index (κ2) is 9.51. The highest BCUT2D eigenvalue weighted by atomic mass is 16.5. The molecule has 1 aromatic carbocycles. The van der Waals surface area contributed by atoms with Crippen molar-refractivity contribution in [1.82, 2.24) is 15.2 Å². The maximum Gasteiger partial charge on any atom is 0.255 e. The van der Waals surface area contributed by atoms with Gasteiger partial charge in [0, 0.05) is 43.5 Å². The van der Waals surface area contributed by atoms with Crippen LogP contribution in [0.1, 0.15) is 35.0 Å². The first-order valence-electron chi connectivity index (χ1n) is 10.1. The lowest BCUT2D eigenvalue weighted by molar-refractivity contribution is -0.127. The number of aromatic amines is 1. The SMILES string of the molecule is C=CC(=Nc1c(C(=O)NC2CCN(C(C)=O)C2)c[nH]c1C)c1ccc(OC)c(OC)c1. The first-order valence-corrected chi connectivity index (χ1v) is 10.1. The van der Waals surface area contributed by atoms with E-state index < -0.39 is 0 Å². The van der Waals surface area contributed by atoms with Gasteiger partial charge in [-0.3, -0.25) is 9.59 Å². The van der Waals surface area contributed by atoms with Crippen LogP contribution in [0.3, 0.4) is 0 Å². The van der Waals surface area contributed by atoms with Gasteiger partial charge < -0.3 is 24.7 Å². The lowest BCUT2D eigenvalue weighted by Crippen LogP contribution is -2.37. The van der Waals surface area contributed by atoms with E-state index in [2.05, 4.69) is 16.9 Å². The van der Waals surface area contributed by atoms with E-state index in [4.69, 9.17) is 14.5 Å². The number of carbonyl (C=O) groups is 2. The van der Waals surface area contributed by atoms with Gasteiger partial charge in [0.25, 0.3) is 5.91 Å². The third-order valence-corrected chi connectivity index (χ3v) is 5.36. The van der Waals surface area contributed by atoms with Crippen LogP contribution in [0.5, 0.6) is 11.5 Å². The molecule has 0 bridgehead atoms. The molecule has 0 radical (unpaired) electrons. The Kier molecular flexibility index (Phi) is 6.79. The molecule has 1 aliphatic heterocycles. The van der Waals surface area contributed by atoms with Crippen LogP contribution < -0.4 is 14.8 Å². The highest BCUT2D eigenvalue weighted by Gasteiger charge is 2.27. The molecule has 2 aromatic rings. The normalized spacial score (nSPS) is 16.2. The molecule has 1 aromatic heterocycles. The number of likely N-dealkylation sites (tertiary alicyclic amines) is 1. The number of hydrogen-bond donors (Lipinski definition) is 2. The zero-order chi connectivity index (χ0) is 22.5. The Labute approximate surface area is 182 Å². The van der Waals surface area contributed by atoms with Crippen molar-refractivity contribution in [1.29, 1.82) is 0 Å². The first kappa shape index (κ1) is 22.1. The standard InChI is InChI=1S/C23H28N4O4/c1-6-19(16-7-8-20(30-4)21(11-16)31-5)26-22-14(2)24-12-18(22)23(29)25-17-9-10-27(13-17)15(3)28/h6-8,11-12,17,24H,1,9-10,13H2,2-5H3,(H,25,29). The summed E-state index contributed by atoms with van der Waals surface area (Å²) in [5, 5.41) is 3.01. The van der Waals surface area contributed by atoms with Gasteiger partial charge in [0.2, 0.25) is 5.91 Å². The summed E-state index contributed by atoms with van der Waals surface area (Å²) in [6.07, 6.45) is 4.02. The zero-order valence-corrected chi connectivity index (χ0v) is 18.3. The summed E-state index contributed by atoms with van der Waals surface area (Å²) in [4.78, 5) is 34.0. The minimum absolute atomic E-state index is 0.0186. The predicted molar refractivity (Wildman–Crippen MR) is 120 cm³/mol. The lowest BCUT2D eigenvalue weighted by atomic mass is 10.1. The van der Waals surface area contributed by atoms with Crippen LogP contribution in [-0.4, -0.2) is 60.8 Å². The molecule has 3 rings (SSSR count). The number of hydrogen-bond acceptors (Lipinski definition) is 5. The molecule has 2 amide bonds. The molecule has 0 saturated carbocycles. The topological polar surface area (TPSA) is 96.0 Å². The van der Waals surface area contributed by atoms with E-state index in [-0.39, 0.29) is 17.9 Å². The van der Waals surface area contributed by atoms with Gasteiger partial charge in [0.05, 0.1) is 31.2 Å². The number of allylic oxidation sites excluding steroid dienone is 1. The van der Waals surface area contributed by atoms with Gasteiger partial charge >= 0.3 is 0 Å². The van der Waals surface area contributed by atoms with Crippen LogP contribution >= 0.6 is 0 Å². The number of H-pyrrole nitrogens is 1. The predicted octanol–water partition coefficient (Wildman–Crippen LogP) is 3.00. The molecule has 8 heteroatoms. The van der Waals surface area contributed by atoms with Gasteiger partial charge in [-0.1, -0.05) is 6.58 Å². The van der Waals surface area contributed by atoms with Gasteiger partial charge in [-0.15, -0.1) is 0 Å². The van der Waals surface area contributed by atoms with Crippen molar-refractivity contribution in [2.45, 2.75) is 26.3 Å². The number of ether oxygens (including phenoxy) is 2. The number of carbonyl (C=O) groups excluding carboxylic acids is 2. The Bertz CT molecular complexity index is 1020. The van der Waals surface area contributed by atoms with Crippen molar-refractivity contribution in [2.24, 2.45) is 4.99 Å². The average molecular weight is 425 g/mol. The summed E-state index contributed by atoms with van der Waals surface area (Å²) in [6.45, 7) is 8.45. The van der Waals surface area contributed by atoms with Crippen LogP contribution in [0, 0.1) is 6.92 Å². The molecule has 1 aliphatic rings. The van der Waals surface area contributed by atoms with Crippen LogP contribution in [0.25, 0.3) is 0 Å². The summed E-state index contributed by atoms with van der Waals surface area (Å²) in [5.41, 5.74) is 3.14. The Hall–Kier alpha value is -3.55. The van der Waals surface area contributed by atoms with E-state index in [1.807, 2.05) is 19.1 Å². The van der Waals surface area contributed by atoms with Gasteiger partial charge in [0.1, 0.15) is 0 Å². The summed E-state index contributed by atoms with van der Waals surface area (Å²) in [6, 6.07) is 5.40. The number of aryl methyl sites for hydroxylation is 1. The average Bonchev–Trinajstić information content (AvgIpc) is 3.38. The van der Waals surface area contributed by atoms with Crippen molar-refractivity contribution in [2.75, 3.05) is 27.3 Å². The molecule has 31 heavy (non-hydrogen) atoms. The number of methoxy groups -OCH3 is 2. The molecule has 8 nitrogen and oxygen atoms in total. The Morgan fingerprint density at radius 2 is 2.03 bits per heavy atom. The second-order valence-electron chi connectivity index (χ2n) is 7.37. The lowest BCUT2D eigenvalue weighted by Gasteiger charge is -2.15. The Morgan fingerprint density at radius 3 is 2.65 bits per heavy atom. The number of benzene rings is 1. The van der Waals surface area contributed by atoms with Gasteiger partial charge in [-0.05, 0) is 37.6 Å². The number of amides is 2. The Balaban J connectivity index is 1.87. The Morgan fingerprint density at radius 1 is 1.29 bits per heavy atom. The van der Waals surface area contributed by atoms with Gasteiger partial charge in [-0.25, -0.2) is 4.99 Å². The summed E-state index contributed by atoms with van der Waals surface area (Å²) in [5.74, 6) is 0.984. The van der Waals surface area contributed by atoms with Crippen molar-refractivity contribution < 1.29 is 19.1 Å². The molecule has 1 unspecified atom stereocenters. The van der Waals surface area contributed by atoms with Gasteiger partial charge in [0.15, 0.2) is 11.5 Å². The number of rotatable bonds is 7. The van der Waals surface area contributed by atoms with E-state index in [1.54, 1.807) is 37.5 Å². The molecule has 0 aliphatic carbocycles. The third-order valence-electron chi connectivity index (χ3n) is 5.36. The van der Waals surface area contributed by atoms with Crippen molar-refractivity contribution >= 4 is 23.2 Å². The number of nitrogens with one attached hydrogen (secondary N) is 2. The molecule has 1 atom stereocenters. The summed E-state index contributed by atoms with van der Waals surface area (Å²) >= 11 is 0. The van der Waals surface area contributed by atoms with E-state index in [0.717, 1.165) is 17.7 Å². The molecule has 1 saturated heterocycles. The molecular weight excluding hydrogens is 396 g/mol.